The van der Waals surface area contributed by atoms with Crippen LogP contribution in [0.3, 0.4) is 0 Å². The lowest BCUT2D eigenvalue weighted by Gasteiger charge is -2.18. The summed E-state index contributed by atoms with van der Waals surface area (Å²) < 4.78 is 21.5. The quantitative estimate of drug-likeness (QED) is 0.550. The van der Waals surface area contributed by atoms with Crippen LogP contribution in [0.4, 0.5) is 0 Å². The van der Waals surface area contributed by atoms with E-state index in [4.69, 9.17) is 18.8 Å². The topological polar surface area (TPSA) is 71.1 Å². The highest BCUT2D eigenvalue weighted by molar-refractivity contribution is 6.52. The molecule has 1 saturated heterocycles. The van der Waals surface area contributed by atoms with Gasteiger partial charge in [0.15, 0.2) is 12.2 Å². The van der Waals surface area contributed by atoms with E-state index in [1.54, 1.807) is 33.7 Å². The standard InChI is InChI=1S/C19H25BO6/c1-13(2)23-18(21)16-17(19(22)24-14(3)4)26-20(25-16)12-8-11-15-9-6-5-7-10-15/h5-10,12-14,16-17H,11H2,1-4H3/b12-8+/t16-,17-/m1/s1. The lowest BCUT2D eigenvalue weighted by Crippen LogP contribution is -2.40. The Hall–Kier alpha value is -2.12. The Morgan fingerprint density at radius 3 is 1.96 bits per heavy atom. The van der Waals surface area contributed by atoms with Gasteiger partial charge in [0.2, 0.25) is 0 Å². The van der Waals surface area contributed by atoms with Crippen LogP contribution in [0.1, 0.15) is 33.3 Å². The van der Waals surface area contributed by atoms with Crippen LogP contribution in [0.25, 0.3) is 0 Å². The fourth-order valence-electron chi connectivity index (χ4n) is 2.44. The molecule has 1 heterocycles. The molecule has 0 spiro atoms. The number of hydrogen-bond donors (Lipinski definition) is 0. The van der Waals surface area contributed by atoms with Crippen molar-refractivity contribution in [2.45, 2.75) is 58.5 Å². The number of ether oxygens (including phenoxy) is 2. The van der Waals surface area contributed by atoms with Crippen molar-refractivity contribution in [2.75, 3.05) is 0 Å². The zero-order chi connectivity index (χ0) is 19.1. The smallest absolute Gasteiger partial charge is 0.461 e. The molecule has 0 radical (unpaired) electrons. The average Bonchev–Trinajstić information content (AvgIpc) is 2.99. The first kappa shape index (κ1) is 20.2. The first-order valence-corrected chi connectivity index (χ1v) is 8.79. The number of carbonyl (C=O) groups excluding carboxylic acids is 2. The summed E-state index contributed by atoms with van der Waals surface area (Å²) >= 11 is 0. The Bertz CT molecular complexity index is 598. The van der Waals surface area contributed by atoms with Gasteiger partial charge in [-0.25, -0.2) is 9.59 Å². The molecule has 0 aromatic heterocycles. The summed E-state index contributed by atoms with van der Waals surface area (Å²) in [6.07, 6.45) is -0.362. The zero-order valence-corrected chi connectivity index (χ0v) is 15.6. The zero-order valence-electron chi connectivity index (χ0n) is 15.6. The van der Waals surface area contributed by atoms with Crippen molar-refractivity contribution in [1.82, 2.24) is 0 Å². The lowest BCUT2D eigenvalue weighted by atomic mass is 9.89. The van der Waals surface area contributed by atoms with Crippen molar-refractivity contribution in [3.63, 3.8) is 0 Å². The average molecular weight is 360 g/mol. The number of hydrogen-bond acceptors (Lipinski definition) is 6. The van der Waals surface area contributed by atoms with Gasteiger partial charge < -0.3 is 18.8 Å². The van der Waals surface area contributed by atoms with Gasteiger partial charge in [0.05, 0.1) is 12.2 Å². The second-order valence-corrected chi connectivity index (χ2v) is 6.57. The van der Waals surface area contributed by atoms with Crippen LogP contribution < -0.4 is 0 Å². The molecule has 6 nitrogen and oxygen atoms in total. The van der Waals surface area contributed by atoms with E-state index in [0.29, 0.717) is 6.42 Å². The minimum atomic E-state index is -1.14. The van der Waals surface area contributed by atoms with Crippen molar-refractivity contribution < 1.29 is 28.4 Å². The van der Waals surface area contributed by atoms with Gasteiger partial charge in [-0.1, -0.05) is 42.4 Å². The molecule has 1 aliphatic rings. The van der Waals surface area contributed by atoms with E-state index in [-0.39, 0.29) is 12.2 Å². The summed E-state index contributed by atoms with van der Waals surface area (Å²) in [7, 11) is -0.812. The number of carbonyl (C=O) groups is 2. The molecular formula is C19H25BO6. The van der Waals surface area contributed by atoms with Gasteiger partial charge in [-0.05, 0) is 39.7 Å². The van der Waals surface area contributed by atoms with E-state index >= 15 is 0 Å². The fourth-order valence-corrected chi connectivity index (χ4v) is 2.44. The van der Waals surface area contributed by atoms with Crippen LogP contribution >= 0.6 is 0 Å². The number of allylic oxidation sites excluding steroid dienone is 1. The van der Waals surface area contributed by atoms with E-state index in [2.05, 4.69) is 0 Å². The molecule has 0 unspecified atom stereocenters. The molecule has 2 atom stereocenters. The van der Waals surface area contributed by atoms with Crippen molar-refractivity contribution in [1.29, 1.82) is 0 Å². The molecule has 0 N–H and O–H groups in total. The maximum absolute atomic E-state index is 12.2. The molecule has 1 aromatic carbocycles. The largest absolute Gasteiger partial charge is 0.487 e. The highest BCUT2D eigenvalue weighted by atomic mass is 16.7. The summed E-state index contributed by atoms with van der Waals surface area (Å²) in [4.78, 5) is 24.5. The third-order valence-electron chi connectivity index (χ3n) is 3.49. The Morgan fingerprint density at radius 2 is 1.50 bits per heavy atom. The summed E-state index contributed by atoms with van der Waals surface area (Å²) in [6, 6.07) is 9.88. The van der Waals surface area contributed by atoms with Crippen molar-refractivity contribution >= 4 is 19.1 Å². The van der Waals surface area contributed by atoms with Crippen molar-refractivity contribution in [3.05, 3.63) is 47.9 Å². The van der Waals surface area contributed by atoms with Gasteiger partial charge in [0.1, 0.15) is 0 Å². The molecule has 1 aliphatic heterocycles. The van der Waals surface area contributed by atoms with Gasteiger partial charge in [-0.15, -0.1) is 0 Å². The predicted molar refractivity (Wildman–Crippen MR) is 97.2 cm³/mol. The van der Waals surface area contributed by atoms with Crippen LogP contribution in [0.15, 0.2) is 42.4 Å². The van der Waals surface area contributed by atoms with Crippen LogP contribution in [0, 0.1) is 0 Å². The van der Waals surface area contributed by atoms with E-state index in [1.165, 1.54) is 0 Å². The Balaban J connectivity index is 2.03. The van der Waals surface area contributed by atoms with E-state index < -0.39 is 31.3 Å². The van der Waals surface area contributed by atoms with E-state index in [9.17, 15) is 9.59 Å². The number of esters is 2. The molecule has 0 saturated carbocycles. The third-order valence-corrected chi connectivity index (χ3v) is 3.49. The second-order valence-electron chi connectivity index (χ2n) is 6.57. The van der Waals surface area contributed by atoms with Crippen molar-refractivity contribution in [3.8, 4) is 0 Å². The van der Waals surface area contributed by atoms with Crippen LogP contribution in [0.5, 0.6) is 0 Å². The second kappa shape index (κ2) is 9.55. The normalized spacial score (nSPS) is 20.2. The summed E-state index contributed by atoms with van der Waals surface area (Å²) in [5, 5.41) is 0. The molecule has 1 aromatic rings. The molecule has 2 rings (SSSR count). The Kier molecular flexibility index (Phi) is 7.42. The van der Waals surface area contributed by atoms with Gasteiger partial charge >= 0.3 is 19.1 Å². The molecule has 0 aliphatic carbocycles. The molecule has 26 heavy (non-hydrogen) atoms. The van der Waals surface area contributed by atoms with E-state index in [0.717, 1.165) is 5.56 Å². The molecular weight excluding hydrogens is 335 g/mol. The molecule has 7 heteroatoms. The third kappa shape index (κ3) is 6.00. The molecule has 0 amide bonds. The van der Waals surface area contributed by atoms with Crippen LogP contribution in [-0.2, 0) is 34.8 Å². The minimum absolute atomic E-state index is 0.319. The van der Waals surface area contributed by atoms with Gasteiger partial charge in [-0.3, -0.25) is 0 Å². The lowest BCUT2D eigenvalue weighted by molar-refractivity contribution is -0.167. The molecule has 0 bridgehead atoms. The highest BCUT2D eigenvalue weighted by Gasteiger charge is 2.48. The number of benzene rings is 1. The SMILES string of the molecule is CC(C)OC(=O)[C@@H]1OB(/C=C/Cc2ccccc2)O[C@H]1C(=O)OC(C)C. The van der Waals surface area contributed by atoms with Crippen LogP contribution in [0.2, 0.25) is 0 Å². The summed E-state index contributed by atoms with van der Waals surface area (Å²) in [5.41, 5.74) is 1.13. The highest BCUT2D eigenvalue weighted by Crippen LogP contribution is 2.21. The predicted octanol–water partition coefficient (Wildman–Crippen LogP) is 2.50. The maximum Gasteiger partial charge on any atom is 0.487 e. The van der Waals surface area contributed by atoms with Gasteiger partial charge in [0, 0.05) is 0 Å². The first-order valence-electron chi connectivity index (χ1n) is 8.79. The Morgan fingerprint density at radius 1 is 1.00 bits per heavy atom. The number of rotatable bonds is 7. The molecule has 140 valence electrons. The first-order chi connectivity index (χ1) is 12.4. The molecule has 1 fully saturated rings. The maximum atomic E-state index is 12.2. The van der Waals surface area contributed by atoms with Crippen LogP contribution in [-0.4, -0.2) is 43.5 Å². The summed E-state index contributed by atoms with van der Waals surface area (Å²) in [5.74, 6) is 0.417. The van der Waals surface area contributed by atoms with Crippen molar-refractivity contribution in [2.24, 2.45) is 0 Å². The Labute approximate surface area is 154 Å². The van der Waals surface area contributed by atoms with Gasteiger partial charge in [-0.2, -0.15) is 0 Å². The van der Waals surface area contributed by atoms with E-state index in [1.807, 2.05) is 36.4 Å². The monoisotopic (exact) mass is 360 g/mol. The van der Waals surface area contributed by atoms with Gasteiger partial charge in [0.25, 0.3) is 0 Å². The minimum Gasteiger partial charge on any atom is -0.461 e. The summed E-state index contributed by atoms with van der Waals surface area (Å²) in [6.45, 7) is 6.91. The fraction of sp³-hybridized carbons (Fsp3) is 0.474.